The van der Waals surface area contributed by atoms with Gasteiger partial charge in [-0.05, 0) is 63.1 Å². The van der Waals surface area contributed by atoms with Crippen LogP contribution in [0.5, 0.6) is 0 Å². The molecule has 2 rings (SSSR count). The molecule has 1 aromatic heterocycles. The highest BCUT2D eigenvalue weighted by atomic mass is 19.1. The Morgan fingerprint density at radius 1 is 1.14 bits per heavy atom. The Morgan fingerprint density at radius 2 is 1.76 bits per heavy atom. The molecule has 0 spiro atoms. The standard InChI is InChI=1S/C17H22FN3/c1-10-8-14(18)6-7-15(10)17-20-12(3)16(13(4)21-17)11(2)9-19-5/h6-8,11,19H,9H2,1-5H3. The first kappa shape index (κ1) is 15.6. The third-order valence-corrected chi connectivity index (χ3v) is 3.76. The first-order chi connectivity index (χ1) is 9.93. The van der Waals surface area contributed by atoms with Gasteiger partial charge in [0, 0.05) is 23.5 Å². The molecule has 0 amide bonds. The molecule has 0 aliphatic carbocycles. The predicted octanol–water partition coefficient (Wildman–Crippen LogP) is 3.53. The fourth-order valence-electron chi connectivity index (χ4n) is 2.84. The first-order valence-electron chi connectivity index (χ1n) is 7.20. The van der Waals surface area contributed by atoms with Gasteiger partial charge < -0.3 is 5.32 Å². The summed E-state index contributed by atoms with van der Waals surface area (Å²) in [4.78, 5) is 9.27. The largest absolute Gasteiger partial charge is 0.319 e. The maximum absolute atomic E-state index is 13.2. The predicted molar refractivity (Wildman–Crippen MR) is 84.0 cm³/mol. The van der Waals surface area contributed by atoms with Crippen molar-refractivity contribution in [3.8, 4) is 11.4 Å². The Kier molecular flexibility index (Phi) is 4.68. The molecule has 4 heteroatoms. The van der Waals surface area contributed by atoms with E-state index in [2.05, 4.69) is 22.2 Å². The van der Waals surface area contributed by atoms with Gasteiger partial charge in [-0.15, -0.1) is 0 Å². The molecule has 1 N–H and O–H groups in total. The summed E-state index contributed by atoms with van der Waals surface area (Å²) < 4.78 is 13.2. The molecule has 1 atom stereocenters. The molecule has 0 aliphatic rings. The van der Waals surface area contributed by atoms with E-state index in [1.54, 1.807) is 6.07 Å². The quantitative estimate of drug-likeness (QED) is 0.934. The van der Waals surface area contributed by atoms with Crippen molar-refractivity contribution in [2.24, 2.45) is 0 Å². The maximum Gasteiger partial charge on any atom is 0.159 e. The lowest BCUT2D eigenvalue weighted by Crippen LogP contribution is -2.17. The lowest BCUT2D eigenvalue weighted by atomic mass is 9.97. The van der Waals surface area contributed by atoms with Gasteiger partial charge in [0.25, 0.3) is 0 Å². The SMILES string of the molecule is CNCC(C)c1c(C)nc(-c2ccc(F)cc2C)nc1C. The van der Waals surface area contributed by atoms with E-state index in [1.165, 1.54) is 17.7 Å². The number of aromatic nitrogens is 2. The summed E-state index contributed by atoms with van der Waals surface area (Å²) >= 11 is 0. The fraction of sp³-hybridized carbons (Fsp3) is 0.412. The van der Waals surface area contributed by atoms with E-state index in [9.17, 15) is 4.39 Å². The normalized spacial score (nSPS) is 12.5. The van der Waals surface area contributed by atoms with Crippen molar-refractivity contribution in [2.75, 3.05) is 13.6 Å². The van der Waals surface area contributed by atoms with E-state index in [4.69, 9.17) is 0 Å². The van der Waals surface area contributed by atoms with Gasteiger partial charge >= 0.3 is 0 Å². The number of nitrogens with one attached hydrogen (secondary N) is 1. The molecule has 1 aromatic carbocycles. The van der Waals surface area contributed by atoms with Crippen LogP contribution in [0.25, 0.3) is 11.4 Å². The second-order valence-electron chi connectivity index (χ2n) is 5.55. The van der Waals surface area contributed by atoms with Crippen molar-refractivity contribution in [3.05, 3.63) is 46.5 Å². The molecular formula is C17H22FN3. The van der Waals surface area contributed by atoms with Gasteiger partial charge in [-0.25, -0.2) is 14.4 Å². The first-order valence-corrected chi connectivity index (χ1v) is 7.20. The second-order valence-corrected chi connectivity index (χ2v) is 5.55. The molecule has 21 heavy (non-hydrogen) atoms. The zero-order valence-corrected chi connectivity index (χ0v) is 13.3. The van der Waals surface area contributed by atoms with Crippen molar-refractivity contribution in [1.82, 2.24) is 15.3 Å². The molecule has 1 unspecified atom stereocenters. The van der Waals surface area contributed by atoms with E-state index in [0.29, 0.717) is 11.7 Å². The average molecular weight is 287 g/mol. The number of benzene rings is 1. The summed E-state index contributed by atoms with van der Waals surface area (Å²) in [5, 5.41) is 3.18. The van der Waals surface area contributed by atoms with Gasteiger partial charge in [0.15, 0.2) is 5.82 Å². The van der Waals surface area contributed by atoms with Crippen LogP contribution in [0.15, 0.2) is 18.2 Å². The summed E-state index contributed by atoms with van der Waals surface area (Å²) in [6, 6.07) is 4.71. The van der Waals surface area contributed by atoms with Crippen LogP contribution in [-0.2, 0) is 0 Å². The van der Waals surface area contributed by atoms with Crippen LogP contribution < -0.4 is 5.32 Å². The third kappa shape index (κ3) is 3.27. The molecule has 0 fully saturated rings. The molecule has 0 radical (unpaired) electrons. The Balaban J connectivity index is 2.49. The fourth-order valence-corrected chi connectivity index (χ4v) is 2.84. The number of halogens is 1. The smallest absolute Gasteiger partial charge is 0.159 e. The van der Waals surface area contributed by atoms with Crippen LogP contribution in [0.3, 0.4) is 0 Å². The number of likely N-dealkylation sites (N-methyl/N-ethyl adjacent to an activating group) is 1. The maximum atomic E-state index is 13.2. The van der Waals surface area contributed by atoms with Crippen LogP contribution in [0.1, 0.15) is 35.4 Å². The van der Waals surface area contributed by atoms with Crippen LogP contribution in [0.2, 0.25) is 0 Å². The van der Waals surface area contributed by atoms with Gasteiger partial charge in [-0.2, -0.15) is 0 Å². The summed E-state index contributed by atoms with van der Waals surface area (Å²) in [5.74, 6) is 0.797. The molecule has 0 saturated heterocycles. The Morgan fingerprint density at radius 3 is 2.29 bits per heavy atom. The zero-order chi connectivity index (χ0) is 15.6. The van der Waals surface area contributed by atoms with Crippen molar-refractivity contribution in [3.63, 3.8) is 0 Å². The van der Waals surface area contributed by atoms with E-state index in [1.807, 2.05) is 27.8 Å². The molecule has 0 aliphatic heterocycles. The van der Waals surface area contributed by atoms with E-state index >= 15 is 0 Å². The van der Waals surface area contributed by atoms with Crippen molar-refractivity contribution < 1.29 is 4.39 Å². The number of nitrogens with zero attached hydrogens (tertiary/aromatic N) is 2. The van der Waals surface area contributed by atoms with E-state index in [0.717, 1.165) is 29.1 Å². The topological polar surface area (TPSA) is 37.8 Å². The van der Waals surface area contributed by atoms with Crippen molar-refractivity contribution in [2.45, 2.75) is 33.6 Å². The number of rotatable bonds is 4. The molecule has 112 valence electrons. The highest BCUT2D eigenvalue weighted by Gasteiger charge is 2.16. The van der Waals surface area contributed by atoms with Gasteiger partial charge in [-0.1, -0.05) is 6.92 Å². The molecule has 0 saturated carbocycles. The highest BCUT2D eigenvalue weighted by Crippen LogP contribution is 2.26. The van der Waals surface area contributed by atoms with Crippen molar-refractivity contribution >= 4 is 0 Å². The van der Waals surface area contributed by atoms with E-state index in [-0.39, 0.29) is 5.82 Å². The zero-order valence-electron chi connectivity index (χ0n) is 13.3. The van der Waals surface area contributed by atoms with Gasteiger partial charge in [0.2, 0.25) is 0 Å². The molecule has 2 aromatic rings. The van der Waals surface area contributed by atoms with Gasteiger partial charge in [-0.3, -0.25) is 0 Å². The Bertz CT molecular complexity index is 629. The minimum absolute atomic E-state index is 0.232. The lowest BCUT2D eigenvalue weighted by Gasteiger charge is -2.17. The Labute approximate surface area is 125 Å². The van der Waals surface area contributed by atoms with Gasteiger partial charge in [0.05, 0.1) is 0 Å². The van der Waals surface area contributed by atoms with Crippen LogP contribution >= 0.6 is 0 Å². The van der Waals surface area contributed by atoms with Crippen LogP contribution in [0, 0.1) is 26.6 Å². The van der Waals surface area contributed by atoms with Gasteiger partial charge in [0.1, 0.15) is 5.82 Å². The number of hydrogen-bond acceptors (Lipinski definition) is 3. The monoisotopic (exact) mass is 287 g/mol. The molecular weight excluding hydrogens is 265 g/mol. The number of hydrogen-bond donors (Lipinski definition) is 1. The Hall–Kier alpha value is -1.81. The minimum atomic E-state index is -0.232. The number of aryl methyl sites for hydroxylation is 3. The van der Waals surface area contributed by atoms with E-state index < -0.39 is 0 Å². The summed E-state index contributed by atoms with van der Waals surface area (Å²) in [5.41, 5.74) is 4.90. The average Bonchev–Trinajstić information content (AvgIpc) is 2.37. The molecule has 3 nitrogen and oxygen atoms in total. The second kappa shape index (κ2) is 6.31. The summed E-state index contributed by atoms with van der Waals surface area (Å²) in [6.45, 7) is 8.96. The highest BCUT2D eigenvalue weighted by molar-refractivity contribution is 5.60. The minimum Gasteiger partial charge on any atom is -0.319 e. The van der Waals surface area contributed by atoms with Crippen molar-refractivity contribution in [1.29, 1.82) is 0 Å². The summed E-state index contributed by atoms with van der Waals surface area (Å²) in [6.07, 6.45) is 0. The van der Waals surface area contributed by atoms with Crippen LogP contribution in [0.4, 0.5) is 4.39 Å². The van der Waals surface area contributed by atoms with Crippen LogP contribution in [-0.4, -0.2) is 23.6 Å². The molecule has 0 bridgehead atoms. The summed E-state index contributed by atoms with van der Waals surface area (Å²) in [7, 11) is 1.94. The molecule has 1 heterocycles. The lowest BCUT2D eigenvalue weighted by molar-refractivity contribution is 0.627. The third-order valence-electron chi connectivity index (χ3n) is 3.76.